The zero-order valence-corrected chi connectivity index (χ0v) is 17.8. The van der Waals surface area contributed by atoms with Crippen molar-refractivity contribution in [2.75, 3.05) is 5.73 Å². The number of carbonyl (C=O) groups is 1. The number of fused-ring (bicyclic) bond motifs is 1. The molecule has 0 fully saturated rings. The van der Waals surface area contributed by atoms with Crippen molar-refractivity contribution < 1.29 is 14.3 Å². The van der Waals surface area contributed by atoms with Crippen LogP contribution in [0.2, 0.25) is 0 Å². The van der Waals surface area contributed by atoms with Crippen LogP contribution >= 0.6 is 0 Å². The van der Waals surface area contributed by atoms with Crippen LogP contribution in [0.5, 0.6) is 0 Å². The van der Waals surface area contributed by atoms with Gasteiger partial charge in [0.15, 0.2) is 5.69 Å². The number of nitrogens with zero attached hydrogens (tertiary/aromatic N) is 7. The SMILES string of the molecule is Nc1nonc1-n1nnc(C(=O)N/N=C/c2cccc3ccccc23)c1-c1ccc([N+](=O)[O-])cc1. The Morgan fingerprint density at radius 2 is 1.86 bits per heavy atom. The Labute approximate surface area is 196 Å². The minimum Gasteiger partial charge on any atom is -0.378 e. The molecule has 2 heterocycles. The average molecular weight is 469 g/mol. The lowest BCUT2D eigenvalue weighted by molar-refractivity contribution is -0.384. The summed E-state index contributed by atoms with van der Waals surface area (Å²) in [5, 5.41) is 32.2. The second-order valence-corrected chi connectivity index (χ2v) is 7.24. The zero-order chi connectivity index (χ0) is 24.4. The van der Waals surface area contributed by atoms with Crippen molar-refractivity contribution in [3.63, 3.8) is 0 Å². The number of hydrazone groups is 1. The molecule has 172 valence electrons. The highest BCUT2D eigenvalue weighted by Crippen LogP contribution is 2.28. The summed E-state index contributed by atoms with van der Waals surface area (Å²) < 4.78 is 5.80. The smallest absolute Gasteiger partial charge is 0.294 e. The molecule has 13 nitrogen and oxygen atoms in total. The maximum absolute atomic E-state index is 13.0. The molecule has 0 bridgehead atoms. The number of anilines is 1. The van der Waals surface area contributed by atoms with Crippen LogP contribution in [0.1, 0.15) is 16.1 Å². The topological polar surface area (TPSA) is 180 Å². The second-order valence-electron chi connectivity index (χ2n) is 7.24. The number of hydrogen-bond donors (Lipinski definition) is 2. The van der Waals surface area contributed by atoms with Gasteiger partial charge in [-0.05, 0) is 33.2 Å². The second kappa shape index (κ2) is 8.82. The Morgan fingerprint density at radius 3 is 2.60 bits per heavy atom. The van der Waals surface area contributed by atoms with Gasteiger partial charge in [-0.2, -0.15) is 9.78 Å². The largest absolute Gasteiger partial charge is 0.378 e. The first-order valence-corrected chi connectivity index (χ1v) is 10.1. The van der Waals surface area contributed by atoms with E-state index in [1.807, 2.05) is 42.5 Å². The number of rotatable bonds is 6. The van der Waals surface area contributed by atoms with E-state index in [-0.39, 0.29) is 28.7 Å². The van der Waals surface area contributed by atoms with E-state index >= 15 is 0 Å². The van der Waals surface area contributed by atoms with Crippen molar-refractivity contribution in [1.82, 2.24) is 30.7 Å². The highest BCUT2D eigenvalue weighted by Gasteiger charge is 2.25. The molecule has 0 aliphatic rings. The number of non-ortho nitro benzene ring substituents is 1. The average Bonchev–Trinajstić information content (AvgIpc) is 3.50. The van der Waals surface area contributed by atoms with Gasteiger partial charge in [0.1, 0.15) is 5.69 Å². The van der Waals surface area contributed by atoms with Crippen LogP contribution in [-0.4, -0.2) is 42.4 Å². The molecule has 0 saturated carbocycles. The summed E-state index contributed by atoms with van der Waals surface area (Å²) in [6, 6.07) is 19.0. The minimum atomic E-state index is -0.670. The molecule has 5 rings (SSSR count). The van der Waals surface area contributed by atoms with Crippen LogP contribution in [-0.2, 0) is 0 Å². The third-order valence-corrected chi connectivity index (χ3v) is 5.13. The molecular weight excluding hydrogens is 454 g/mol. The third kappa shape index (κ3) is 4.04. The van der Waals surface area contributed by atoms with Crippen molar-refractivity contribution >= 4 is 34.4 Å². The van der Waals surface area contributed by atoms with Gasteiger partial charge in [-0.1, -0.05) is 47.7 Å². The van der Waals surface area contributed by atoms with E-state index in [1.54, 1.807) is 0 Å². The summed E-state index contributed by atoms with van der Waals surface area (Å²) in [5.41, 5.74) is 9.36. The predicted molar refractivity (Wildman–Crippen MR) is 125 cm³/mol. The number of nitrogens with one attached hydrogen (secondary N) is 1. The number of hydrogen-bond acceptors (Lipinski definition) is 10. The molecule has 2 aromatic heterocycles. The molecule has 0 aliphatic heterocycles. The molecule has 5 aromatic rings. The molecule has 0 spiro atoms. The summed E-state index contributed by atoms with van der Waals surface area (Å²) in [6.45, 7) is 0. The predicted octanol–water partition coefficient (Wildman–Crippen LogP) is 2.72. The van der Waals surface area contributed by atoms with Gasteiger partial charge in [0.05, 0.1) is 11.1 Å². The van der Waals surface area contributed by atoms with Gasteiger partial charge in [0.25, 0.3) is 11.6 Å². The number of amides is 1. The first kappa shape index (κ1) is 21.4. The summed E-state index contributed by atoms with van der Waals surface area (Å²) >= 11 is 0. The lowest BCUT2D eigenvalue weighted by Gasteiger charge is -2.06. The lowest BCUT2D eigenvalue weighted by Crippen LogP contribution is -2.19. The zero-order valence-electron chi connectivity index (χ0n) is 17.8. The van der Waals surface area contributed by atoms with Gasteiger partial charge in [-0.3, -0.25) is 14.9 Å². The number of benzene rings is 3. The van der Waals surface area contributed by atoms with E-state index in [0.717, 1.165) is 21.0 Å². The van der Waals surface area contributed by atoms with Crippen molar-refractivity contribution in [2.24, 2.45) is 5.10 Å². The maximum Gasteiger partial charge on any atom is 0.294 e. The quantitative estimate of drug-likeness (QED) is 0.215. The van der Waals surface area contributed by atoms with Crippen molar-refractivity contribution in [2.45, 2.75) is 0 Å². The molecule has 1 amide bonds. The third-order valence-electron chi connectivity index (χ3n) is 5.13. The van der Waals surface area contributed by atoms with Crippen LogP contribution in [0, 0.1) is 10.1 Å². The normalized spacial score (nSPS) is 11.2. The van der Waals surface area contributed by atoms with E-state index in [0.29, 0.717) is 5.56 Å². The van der Waals surface area contributed by atoms with Gasteiger partial charge in [0, 0.05) is 23.3 Å². The highest BCUT2D eigenvalue weighted by molar-refractivity contribution is 6.01. The summed E-state index contributed by atoms with van der Waals surface area (Å²) in [6.07, 6.45) is 1.52. The number of nitrogens with two attached hydrogens (primary N) is 1. The molecule has 3 N–H and O–H groups in total. The highest BCUT2D eigenvalue weighted by atomic mass is 16.6. The van der Waals surface area contributed by atoms with E-state index in [9.17, 15) is 14.9 Å². The molecule has 13 heteroatoms. The molecule has 0 atom stereocenters. The Kier molecular flexibility index (Phi) is 5.39. The molecule has 0 radical (unpaired) electrons. The Morgan fingerprint density at radius 1 is 1.09 bits per heavy atom. The van der Waals surface area contributed by atoms with E-state index < -0.39 is 10.8 Å². The van der Waals surface area contributed by atoms with Crippen molar-refractivity contribution in [3.05, 3.63) is 88.1 Å². The van der Waals surface area contributed by atoms with Gasteiger partial charge in [-0.25, -0.2) is 10.1 Å². The fraction of sp³-hybridized carbons (Fsp3) is 0. The standard InChI is InChI=1S/C22H15N9O4/c23-20-21(28-35-27-20)30-19(14-8-10-16(11-9-14)31(33)34)18(25-29-30)22(32)26-24-12-15-6-3-5-13-4-1-2-7-17(13)15/h1-12H,(H2,23,27)(H,26,32)/b24-12+. The van der Waals surface area contributed by atoms with Gasteiger partial charge in [0.2, 0.25) is 11.6 Å². The van der Waals surface area contributed by atoms with E-state index in [2.05, 4.69) is 35.8 Å². The van der Waals surface area contributed by atoms with Crippen LogP contribution < -0.4 is 11.2 Å². The Hall–Kier alpha value is -5.46. The molecule has 3 aromatic carbocycles. The summed E-state index contributed by atoms with van der Waals surface area (Å²) in [5.74, 6) is -0.751. The Bertz CT molecular complexity index is 1580. The first-order chi connectivity index (χ1) is 17.0. The number of nitrogen functional groups attached to an aromatic ring is 1. The van der Waals surface area contributed by atoms with Crippen LogP contribution in [0.3, 0.4) is 0 Å². The fourth-order valence-corrected chi connectivity index (χ4v) is 3.50. The fourth-order valence-electron chi connectivity index (χ4n) is 3.50. The number of nitro groups is 1. The van der Waals surface area contributed by atoms with Crippen LogP contribution in [0.15, 0.2) is 76.5 Å². The van der Waals surface area contributed by atoms with E-state index in [4.69, 9.17) is 5.73 Å². The minimum absolute atomic E-state index is 0.00385. The van der Waals surface area contributed by atoms with Gasteiger partial charge in [-0.15, -0.1) is 5.10 Å². The molecule has 0 aliphatic carbocycles. The number of aromatic nitrogens is 5. The van der Waals surface area contributed by atoms with Crippen molar-refractivity contribution in [3.8, 4) is 17.1 Å². The molecule has 0 saturated heterocycles. The van der Waals surface area contributed by atoms with Crippen LogP contribution in [0.4, 0.5) is 11.5 Å². The molecular formula is C22H15N9O4. The maximum atomic E-state index is 13.0. The van der Waals surface area contributed by atoms with Gasteiger partial charge >= 0.3 is 0 Å². The van der Waals surface area contributed by atoms with E-state index in [1.165, 1.54) is 30.5 Å². The number of nitro benzene ring substituents is 1. The molecule has 35 heavy (non-hydrogen) atoms. The summed E-state index contributed by atoms with van der Waals surface area (Å²) in [7, 11) is 0. The monoisotopic (exact) mass is 469 g/mol. The van der Waals surface area contributed by atoms with Gasteiger partial charge < -0.3 is 5.73 Å². The number of carbonyl (C=O) groups excluding carboxylic acids is 1. The van der Waals surface area contributed by atoms with Crippen LogP contribution in [0.25, 0.3) is 27.8 Å². The van der Waals surface area contributed by atoms with Crippen molar-refractivity contribution in [1.29, 1.82) is 0 Å². The Balaban J connectivity index is 1.50. The first-order valence-electron chi connectivity index (χ1n) is 10.1. The summed E-state index contributed by atoms with van der Waals surface area (Å²) in [4.78, 5) is 23.5. The molecule has 0 unspecified atom stereocenters. The lowest BCUT2D eigenvalue weighted by atomic mass is 10.1.